The maximum Gasteiger partial charge on any atom is 0.291 e. The summed E-state index contributed by atoms with van der Waals surface area (Å²) in [7, 11) is 0. The summed E-state index contributed by atoms with van der Waals surface area (Å²) < 4.78 is 9.03. The van der Waals surface area contributed by atoms with Crippen LogP contribution < -0.4 is 10.1 Å². The standard InChI is InChI=1S/C22H16BrCl2N3O2S/c1-22(2)14(10-17(24)25)18(22)19-26-21-28(27-19)20(29)16(31-21)9-13-7-8-15(30-13)11-3-5-12(23)6-4-11/h3-10,14,18H,1-2H3/b16-9+. The minimum Gasteiger partial charge on any atom is -0.457 e. The van der Waals surface area contributed by atoms with Crippen molar-refractivity contribution >= 4 is 61.5 Å². The van der Waals surface area contributed by atoms with Crippen molar-refractivity contribution in [2.24, 2.45) is 11.3 Å². The van der Waals surface area contributed by atoms with Gasteiger partial charge in [-0.3, -0.25) is 4.79 Å². The van der Waals surface area contributed by atoms with Crippen LogP contribution in [0.1, 0.15) is 31.4 Å². The van der Waals surface area contributed by atoms with E-state index < -0.39 is 0 Å². The molecule has 31 heavy (non-hydrogen) atoms. The van der Waals surface area contributed by atoms with E-state index in [0.717, 1.165) is 15.8 Å². The van der Waals surface area contributed by atoms with Crippen molar-refractivity contribution < 1.29 is 4.42 Å². The lowest BCUT2D eigenvalue weighted by molar-refractivity contribution is 0.571. The molecule has 2 atom stereocenters. The van der Waals surface area contributed by atoms with Gasteiger partial charge in [-0.25, -0.2) is 4.98 Å². The second kappa shape index (κ2) is 7.59. The van der Waals surface area contributed by atoms with Crippen LogP contribution in [0.5, 0.6) is 0 Å². The fraction of sp³-hybridized carbons (Fsp3) is 0.227. The monoisotopic (exact) mass is 535 g/mol. The molecule has 4 aromatic rings. The van der Waals surface area contributed by atoms with Gasteiger partial charge in [0.1, 0.15) is 20.5 Å². The summed E-state index contributed by atoms with van der Waals surface area (Å²) in [6.45, 7) is 4.23. The largest absolute Gasteiger partial charge is 0.457 e. The van der Waals surface area contributed by atoms with E-state index in [-0.39, 0.29) is 27.3 Å². The van der Waals surface area contributed by atoms with Crippen molar-refractivity contribution in [2.75, 3.05) is 0 Å². The number of aromatic nitrogens is 3. The second-order valence-electron chi connectivity index (χ2n) is 8.07. The van der Waals surface area contributed by atoms with Crippen LogP contribution in [-0.2, 0) is 0 Å². The third-order valence-corrected chi connectivity index (χ3v) is 7.46. The zero-order chi connectivity index (χ0) is 21.9. The van der Waals surface area contributed by atoms with E-state index in [0.29, 0.717) is 21.1 Å². The Bertz CT molecular complexity index is 1430. The average Bonchev–Trinajstić information content (AvgIpc) is 3.17. The second-order valence-corrected chi connectivity index (χ2v) is 11.0. The summed E-state index contributed by atoms with van der Waals surface area (Å²) >= 11 is 16.4. The third kappa shape index (κ3) is 3.78. The number of benzene rings is 1. The van der Waals surface area contributed by atoms with Gasteiger partial charge >= 0.3 is 0 Å². The quantitative estimate of drug-likeness (QED) is 0.331. The van der Waals surface area contributed by atoms with Crippen LogP contribution in [0.4, 0.5) is 0 Å². The van der Waals surface area contributed by atoms with Gasteiger partial charge in [0.05, 0.1) is 0 Å². The van der Waals surface area contributed by atoms with Crippen molar-refractivity contribution in [3.63, 3.8) is 0 Å². The Morgan fingerprint density at radius 1 is 1.23 bits per heavy atom. The molecule has 0 N–H and O–H groups in total. The highest BCUT2D eigenvalue weighted by Gasteiger charge is 2.59. The van der Waals surface area contributed by atoms with Gasteiger partial charge in [-0.1, -0.05) is 76.4 Å². The molecule has 1 fully saturated rings. The van der Waals surface area contributed by atoms with Crippen molar-refractivity contribution in [3.8, 4) is 11.3 Å². The molecule has 0 radical (unpaired) electrons. The molecule has 0 bridgehead atoms. The number of rotatable bonds is 4. The highest BCUT2D eigenvalue weighted by Crippen LogP contribution is 2.64. The number of hydrogen-bond acceptors (Lipinski definition) is 5. The molecule has 5 rings (SSSR count). The van der Waals surface area contributed by atoms with Crippen LogP contribution in [0.3, 0.4) is 0 Å². The summed E-state index contributed by atoms with van der Waals surface area (Å²) in [6.07, 6.45) is 3.55. The molecule has 1 aliphatic rings. The predicted octanol–water partition coefficient (Wildman–Crippen LogP) is 5.78. The van der Waals surface area contributed by atoms with Crippen molar-refractivity contribution in [1.82, 2.24) is 14.6 Å². The molecular formula is C22H16BrCl2N3O2S. The lowest BCUT2D eigenvalue weighted by Crippen LogP contribution is -2.23. The van der Waals surface area contributed by atoms with Gasteiger partial charge in [-0.05, 0) is 41.7 Å². The first-order valence-corrected chi connectivity index (χ1v) is 11.9. The van der Waals surface area contributed by atoms with Crippen LogP contribution in [-0.4, -0.2) is 14.6 Å². The van der Waals surface area contributed by atoms with Gasteiger partial charge in [0.25, 0.3) is 5.56 Å². The zero-order valence-electron chi connectivity index (χ0n) is 16.5. The van der Waals surface area contributed by atoms with E-state index in [1.807, 2.05) is 42.5 Å². The summed E-state index contributed by atoms with van der Waals surface area (Å²) in [5.41, 5.74) is 0.702. The number of hydrogen-bond donors (Lipinski definition) is 0. The van der Waals surface area contributed by atoms with Crippen molar-refractivity contribution in [3.05, 3.63) is 77.9 Å². The Balaban J connectivity index is 1.46. The van der Waals surface area contributed by atoms with E-state index in [4.69, 9.17) is 27.6 Å². The van der Waals surface area contributed by atoms with Gasteiger partial charge in [0.2, 0.25) is 4.96 Å². The predicted molar refractivity (Wildman–Crippen MR) is 128 cm³/mol. The average molecular weight is 537 g/mol. The summed E-state index contributed by atoms with van der Waals surface area (Å²) in [4.78, 5) is 18.0. The lowest BCUT2D eigenvalue weighted by Gasteiger charge is -1.97. The molecule has 3 heterocycles. The van der Waals surface area contributed by atoms with E-state index in [1.165, 1.54) is 15.9 Å². The first-order chi connectivity index (χ1) is 14.7. The van der Waals surface area contributed by atoms with Gasteiger partial charge in [0.15, 0.2) is 5.82 Å². The number of thiazole rings is 1. The molecule has 5 nitrogen and oxygen atoms in total. The molecule has 3 aromatic heterocycles. The Kier molecular flexibility index (Phi) is 5.13. The Labute approximate surface area is 200 Å². The number of fused-ring (bicyclic) bond motifs is 1. The first kappa shape index (κ1) is 20.9. The Hall–Kier alpha value is -1.93. The number of nitrogens with zero attached hydrogens (tertiary/aromatic N) is 3. The molecule has 2 unspecified atom stereocenters. The van der Waals surface area contributed by atoms with Crippen LogP contribution >= 0.6 is 50.5 Å². The molecular weight excluding hydrogens is 521 g/mol. The van der Waals surface area contributed by atoms with Crippen molar-refractivity contribution in [1.29, 1.82) is 0 Å². The fourth-order valence-corrected chi connectivity index (χ4v) is 5.36. The summed E-state index contributed by atoms with van der Waals surface area (Å²) in [6, 6.07) is 11.6. The van der Waals surface area contributed by atoms with Crippen LogP contribution in [0.25, 0.3) is 22.4 Å². The lowest BCUT2D eigenvalue weighted by atomic mass is 10.1. The smallest absolute Gasteiger partial charge is 0.291 e. The molecule has 9 heteroatoms. The Morgan fingerprint density at radius 2 is 1.97 bits per heavy atom. The third-order valence-electron chi connectivity index (χ3n) is 5.72. The summed E-state index contributed by atoms with van der Waals surface area (Å²) in [5, 5.41) is 4.48. The van der Waals surface area contributed by atoms with E-state index >= 15 is 0 Å². The number of halogens is 3. The first-order valence-electron chi connectivity index (χ1n) is 9.54. The fourth-order valence-electron chi connectivity index (χ4n) is 3.93. The van der Waals surface area contributed by atoms with E-state index in [2.05, 4.69) is 39.9 Å². The van der Waals surface area contributed by atoms with Crippen molar-refractivity contribution in [2.45, 2.75) is 19.8 Å². The van der Waals surface area contributed by atoms with Gasteiger partial charge < -0.3 is 4.42 Å². The molecule has 1 aromatic carbocycles. The highest BCUT2D eigenvalue weighted by atomic mass is 79.9. The zero-order valence-corrected chi connectivity index (χ0v) is 20.4. The number of allylic oxidation sites excluding steroid dienone is 1. The van der Waals surface area contributed by atoms with E-state index in [1.54, 1.807) is 6.08 Å². The van der Waals surface area contributed by atoms with Crippen LogP contribution in [0, 0.1) is 11.3 Å². The molecule has 0 amide bonds. The minimum absolute atomic E-state index is 0.0539. The molecule has 1 saturated carbocycles. The van der Waals surface area contributed by atoms with E-state index in [9.17, 15) is 4.79 Å². The SMILES string of the molecule is CC1(C)C(C=C(Cl)Cl)C1c1nc2s/c(=C/c3ccc(-c4ccc(Br)cc4)o3)c(=O)n2n1. The Morgan fingerprint density at radius 3 is 2.65 bits per heavy atom. The van der Waals surface area contributed by atoms with Crippen LogP contribution in [0.2, 0.25) is 0 Å². The molecule has 0 aliphatic heterocycles. The number of furan rings is 1. The molecule has 0 saturated heterocycles. The highest BCUT2D eigenvalue weighted by molar-refractivity contribution is 9.10. The van der Waals surface area contributed by atoms with Gasteiger partial charge in [0, 0.05) is 22.0 Å². The molecule has 158 valence electrons. The van der Waals surface area contributed by atoms with Crippen LogP contribution in [0.15, 0.2) is 60.7 Å². The normalized spacial score (nSPS) is 20.4. The summed E-state index contributed by atoms with van der Waals surface area (Å²) in [5.74, 6) is 2.21. The maximum absolute atomic E-state index is 12.9. The minimum atomic E-state index is -0.207. The molecule has 0 spiro atoms. The van der Waals surface area contributed by atoms with Gasteiger partial charge in [-0.15, -0.1) is 5.10 Å². The topological polar surface area (TPSA) is 60.4 Å². The molecule has 1 aliphatic carbocycles. The maximum atomic E-state index is 12.9. The van der Waals surface area contributed by atoms with Gasteiger partial charge in [-0.2, -0.15) is 4.52 Å².